The highest BCUT2D eigenvalue weighted by atomic mass is 32.2. The maximum Gasteiger partial charge on any atom is 0.349 e. The van der Waals surface area contributed by atoms with Crippen molar-refractivity contribution in [3.63, 3.8) is 0 Å². The molecular formula is C15H17N5O7S2. The zero-order chi connectivity index (χ0) is 21.4. The number of carbonyl (C=O) groups is 2. The van der Waals surface area contributed by atoms with Crippen LogP contribution in [0.25, 0.3) is 0 Å². The van der Waals surface area contributed by atoms with Crippen LogP contribution in [0.5, 0.6) is 12.0 Å². The summed E-state index contributed by atoms with van der Waals surface area (Å²) in [6, 6.07) is 0.457. The first kappa shape index (κ1) is 22.0. The molecular weight excluding hydrogens is 426 g/mol. The molecule has 2 heterocycles. The van der Waals surface area contributed by atoms with E-state index in [9.17, 15) is 18.0 Å². The molecule has 0 unspecified atom stereocenters. The van der Waals surface area contributed by atoms with Crippen molar-refractivity contribution in [1.82, 2.24) is 20.3 Å². The lowest BCUT2D eigenvalue weighted by Crippen LogP contribution is -2.25. The SMILES string of the molecule is COC(=O)c1sccc1S(=O)(=O)CC=CNC(=O)Nc1nc(OC)nc(OC)n1. The van der Waals surface area contributed by atoms with Gasteiger partial charge in [-0.25, -0.2) is 18.0 Å². The molecule has 0 saturated carbocycles. The summed E-state index contributed by atoms with van der Waals surface area (Å²) in [4.78, 5) is 34.8. The van der Waals surface area contributed by atoms with Crippen LogP contribution in [-0.2, 0) is 14.6 Å². The Morgan fingerprint density at radius 1 is 1.14 bits per heavy atom. The molecule has 0 bridgehead atoms. The number of carbonyl (C=O) groups excluding carboxylic acids is 2. The predicted molar refractivity (Wildman–Crippen MR) is 102 cm³/mol. The van der Waals surface area contributed by atoms with Crippen molar-refractivity contribution in [2.24, 2.45) is 0 Å². The second-order valence-corrected chi connectivity index (χ2v) is 7.94. The Balaban J connectivity index is 1.97. The van der Waals surface area contributed by atoms with Crippen LogP contribution in [0.3, 0.4) is 0 Å². The van der Waals surface area contributed by atoms with Crippen molar-refractivity contribution < 1.29 is 32.2 Å². The third-order valence-electron chi connectivity index (χ3n) is 3.17. The standard InChI is InChI=1S/C15H17N5O7S2/c1-25-11(21)10-9(5-7-28-10)29(23,24)8-4-6-16-13(22)17-12-18-14(26-2)20-15(19-12)27-3/h4-7H,8H2,1-3H3,(H2,16,17,18,19,20,22). The van der Waals surface area contributed by atoms with E-state index < -0.39 is 27.6 Å². The molecule has 12 nitrogen and oxygen atoms in total. The Hall–Kier alpha value is -3.26. The molecule has 0 aliphatic rings. The number of amides is 2. The Bertz CT molecular complexity index is 998. The molecule has 0 atom stereocenters. The van der Waals surface area contributed by atoms with Gasteiger partial charge in [-0.2, -0.15) is 9.97 Å². The Morgan fingerprint density at radius 3 is 2.38 bits per heavy atom. The molecule has 2 N–H and O–H groups in total. The molecule has 0 aliphatic heterocycles. The Morgan fingerprint density at radius 2 is 1.79 bits per heavy atom. The lowest BCUT2D eigenvalue weighted by Gasteiger charge is -2.06. The lowest BCUT2D eigenvalue weighted by molar-refractivity contribution is 0.0602. The van der Waals surface area contributed by atoms with Gasteiger partial charge >= 0.3 is 24.0 Å². The number of ether oxygens (including phenoxy) is 3. The molecule has 156 valence electrons. The topological polar surface area (TPSA) is 159 Å². The van der Waals surface area contributed by atoms with Crippen molar-refractivity contribution in [2.45, 2.75) is 4.90 Å². The number of urea groups is 1. The average molecular weight is 443 g/mol. The fourth-order valence-corrected chi connectivity index (χ4v) is 4.38. The molecule has 2 rings (SSSR count). The van der Waals surface area contributed by atoms with Crippen LogP contribution in [0.2, 0.25) is 0 Å². The molecule has 0 fully saturated rings. The third kappa shape index (κ3) is 5.86. The van der Waals surface area contributed by atoms with Crippen molar-refractivity contribution in [3.8, 4) is 12.0 Å². The normalized spacial score (nSPS) is 11.1. The number of esters is 1. The van der Waals surface area contributed by atoms with Gasteiger partial charge < -0.3 is 19.5 Å². The highest BCUT2D eigenvalue weighted by molar-refractivity contribution is 7.91. The first-order chi connectivity index (χ1) is 13.8. The summed E-state index contributed by atoms with van der Waals surface area (Å²) >= 11 is 0.963. The molecule has 0 saturated heterocycles. The zero-order valence-corrected chi connectivity index (χ0v) is 17.2. The number of nitrogens with one attached hydrogen (secondary N) is 2. The predicted octanol–water partition coefficient (Wildman–Crippen LogP) is 0.846. The van der Waals surface area contributed by atoms with Gasteiger partial charge in [0.1, 0.15) is 4.88 Å². The van der Waals surface area contributed by atoms with Crippen LogP contribution in [0.15, 0.2) is 28.6 Å². The van der Waals surface area contributed by atoms with E-state index in [0.717, 1.165) is 17.5 Å². The smallest absolute Gasteiger partial charge is 0.349 e. The van der Waals surface area contributed by atoms with Gasteiger partial charge in [-0.3, -0.25) is 5.32 Å². The van der Waals surface area contributed by atoms with Crippen molar-refractivity contribution in [2.75, 3.05) is 32.4 Å². The number of aromatic nitrogens is 3. The monoisotopic (exact) mass is 443 g/mol. The van der Waals surface area contributed by atoms with Crippen LogP contribution < -0.4 is 20.1 Å². The molecule has 29 heavy (non-hydrogen) atoms. The number of thiophene rings is 1. The molecule has 2 aromatic heterocycles. The van der Waals surface area contributed by atoms with Crippen molar-refractivity contribution in [1.29, 1.82) is 0 Å². The molecule has 2 amide bonds. The van der Waals surface area contributed by atoms with Gasteiger partial charge in [0, 0.05) is 6.20 Å². The van der Waals surface area contributed by atoms with Gasteiger partial charge in [0.25, 0.3) is 0 Å². The molecule has 0 aliphatic carbocycles. The number of nitrogens with zero attached hydrogens (tertiary/aromatic N) is 3. The fraction of sp³-hybridized carbons (Fsp3) is 0.267. The van der Waals surface area contributed by atoms with E-state index >= 15 is 0 Å². The largest absolute Gasteiger partial charge is 0.467 e. The number of hydrogen-bond donors (Lipinski definition) is 2. The molecule has 0 radical (unpaired) electrons. The van der Waals surface area contributed by atoms with E-state index in [1.807, 2.05) is 0 Å². The van der Waals surface area contributed by atoms with Crippen LogP contribution in [0.4, 0.5) is 10.7 Å². The number of hydrogen-bond acceptors (Lipinski definition) is 11. The van der Waals surface area contributed by atoms with E-state index in [1.165, 1.54) is 38.9 Å². The third-order valence-corrected chi connectivity index (χ3v) is 5.83. The van der Waals surface area contributed by atoms with Gasteiger partial charge in [0.15, 0.2) is 9.84 Å². The maximum absolute atomic E-state index is 12.4. The maximum atomic E-state index is 12.4. The van der Waals surface area contributed by atoms with E-state index in [-0.39, 0.29) is 27.7 Å². The summed E-state index contributed by atoms with van der Waals surface area (Å²) < 4.78 is 39.0. The summed E-state index contributed by atoms with van der Waals surface area (Å²) in [5.41, 5.74) is 0. The van der Waals surface area contributed by atoms with E-state index in [1.54, 1.807) is 0 Å². The average Bonchev–Trinajstić information content (AvgIpc) is 3.21. The van der Waals surface area contributed by atoms with Crippen LogP contribution in [-0.4, -0.2) is 62.5 Å². The molecule has 0 spiro atoms. The number of rotatable bonds is 8. The molecule has 0 aromatic carbocycles. The highest BCUT2D eigenvalue weighted by Gasteiger charge is 2.23. The summed E-state index contributed by atoms with van der Waals surface area (Å²) in [7, 11) is 0.0412. The van der Waals surface area contributed by atoms with E-state index in [0.29, 0.717) is 0 Å². The Kier molecular flexibility index (Phi) is 7.44. The van der Waals surface area contributed by atoms with Crippen molar-refractivity contribution in [3.05, 3.63) is 28.6 Å². The summed E-state index contributed by atoms with van der Waals surface area (Å²) in [5, 5.41) is 6.10. The van der Waals surface area contributed by atoms with Crippen LogP contribution in [0.1, 0.15) is 9.67 Å². The van der Waals surface area contributed by atoms with Gasteiger partial charge in [-0.05, 0) is 11.4 Å². The fourth-order valence-electron chi connectivity index (χ4n) is 1.90. The molecule has 14 heteroatoms. The summed E-state index contributed by atoms with van der Waals surface area (Å²) in [6.07, 6.45) is 2.34. The highest BCUT2D eigenvalue weighted by Crippen LogP contribution is 2.24. The summed E-state index contributed by atoms with van der Waals surface area (Å²) in [5.74, 6) is -1.31. The lowest BCUT2D eigenvalue weighted by atomic mass is 10.5. The quantitative estimate of drug-likeness (QED) is 0.560. The minimum absolute atomic E-state index is 0.00988. The van der Waals surface area contributed by atoms with Gasteiger partial charge in [-0.1, -0.05) is 6.08 Å². The van der Waals surface area contributed by atoms with E-state index in [2.05, 4.69) is 30.3 Å². The van der Waals surface area contributed by atoms with Gasteiger partial charge in [0.05, 0.1) is 32.0 Å². The second kappa shape index (κ2) is 9.79. The minimum atomic E-state index is -3.79. The number of methoxy groups -OCH3 is 3. The number of anilines is 1. The second-order valence-electron chi connectivity index (χ2n) is 5.02. The van der Waals surface area contributed by atoms with Crippen molar-refractivity contribution >= 4 is 39.1 Å². The van der Waals surface area contributed by atoms with Crippen LogP contribution in [0, 0.1) is 0 Å². The molecule has 2 aromatic rings. The first-order valence-electron chi connectivity index (χ1n) is 7.76. The summed E-state index contributed by atoms with van der Waals surface area (Å²) in [6.45, 7) is 0. The van der Waals surface area contributed by atoms with Gasteiger partial charge in [0.2, 0.25) is 5.95 Å². The van der Waals surface area contributed by atoms with Crippen LogP contribution >= 0.6 is 11.3 Å². The first-order valence-corrected chi connectivity index (χ1v) is 10.3. The number of sulfone groups is 1. The van der Waals surface area contributed by atoms with E-state index in [4.69, 9.17) is 9.47 Å². The van der Waals surface area contributed by atoms with Gasteiger partial charge in [-0.15, -0.1) is 16.3 Å². The zero-order valence-electron chi connectivity index (χ0n) is 15.5. The minimum Gasteiger partial charge on any atom is -0.467 e. The Labute approximate surface area is 169 Å².